The summed E-state index contributed by atoms with van der Waals surface area (Å²) < 4.78 is 11.1. The Hall–Kier alpha value is -2.82. The third-order valence-electron chi connectivity index (χ3n) is 3.61. The lowest BCUT2D eigenvalue weighted by atomic mass is 10.1. The molecule has 0 aliphatic carbocycles. The van der Waals surface area contributed by atoms with Crippen molar-refractivity contribution in [3.05, 3.63) is 59.2 Å². The summed E-state index contributed by atoms with van der Waals surface area (Å²) in [6, 6.07) is 12.4. The molecule has 0 saturated heterocycles. The van der Waals surface area contributed by atoms with Gasteiger partial charge in [-0.3, -0.25) is 9.59 Å². The van der Waals surface area contributed by atoms with Crippen molar-refractivity contribution in [1.82, 2.24) is 4.90 Å². The van der Waals surface area contributed by atoms with E-state index in [9.17, 15) is 9.59 Å². The second-order valence-corrected chi connectivity index (χ2v) is 5.57. The normalized spacial score (nSPS) is 10.2. The molecule has 2 rings (SSSR count). The number of carbonyl (C=O) groups excluding carboxylic acids is 2. The summed E-state index contributed by atoms with van der Waals surface area (Å²) in [6.07, 6.45) is 0. The van der Waals surface area contributed by atoms with Crippen LogP contribution in [0.1, 0.15) is 33.2 Å². The lowest BCUT2D eigenvalue weighted by Crippen LogP contribution is -2.23. The Labute approximate surface area is 141 Å². The molecule has 0 aliphatic heterocycles. The number of amides is 1. The molecule has 5 heteroatoms. The largest absolute Gasteiger partial charge is 0.493 e. The fourth-order valence-electron chi connectivity index (χ4n) is 2.26. The number of Topliss-reactive ketones (excluding diaryl/α,β-unsaturated/α-hetero) is 1. The average molecular weight is 327 g/mol. The van der Waals surface area contributed by atoms with Gasteiger partial charge in [-0.2, -0.15) is 0 Å². The highest BCUT2D eigenvalue weighted by Gasteiger charge is 2.14. The van der Waals surface area contributed by atoms with Crippen LogP contribution in [0, 0.1) is 0 Å². The van der Waals surface area contributed by atoms with Gasteiger partial charge in [0.2, 0.25) is 0 Å². The van der Waals surface area contributed by atoms with Crippen LogP contribution >= 0.6 is 0 Å². The maximum atomic E-state index is 12.2. The van der Waals surface area contributed by atoms with E-state index >= 15 is 0 Å². The lowest BCUT2D eigenvalue weighted by Gasteiger charge is -2.16. The van der Waals surface area contributed by atoms with Gasteiger partial charge in [0.1, 0.15) is 6.61 Å². The van der Waals surface area contributed by atoms with Crippen molar-refractivity contribution in [1.29, 1.82) is 0 Å². The maximum absolute atomic E-state index is 12.2. The van der Waals surface area contributed by atoms with Crippen molar-refractivity contribution >= 4 is 11.7 Å². The van der Waals surface area contributed by atoms with E-state index in [1.165, 1.54) is 18.9 Å². The van der Waals surface area contributed by atoms with Crippen LogP contribution in [0.15, 0.2) is 42.5 Å². The Morgan fingerprint density at radius 1 is 1.04 bits per heavy atom. The molecule has 0 radical (unpaired) electrons. The Bertz CT molecular complexity index is 753. The summed E-state index contributed by atoms with van der Waals surface area (Å²) in [6.45, 7) is 1.73. The minimum Gasteiger partial charge on any atom is -0.493 e. The second kappa shape index (κ2) is 7.64. The molecule has 0 aromatic heterocycles. The van der Waals surface area contributed by atoms with E-state index in [4.69, 9.17) is 9.47 Å². The van der Waals surface area contributed by atoms with Crippen LogP contribution in [0.4, 0.5) is 0 Å². The lowest BCUT2D eigenvalue weighted by molar-refractivity contribution is 0.0824. The Balaban J connectivity index is 2.23. The molecule has 0 fully saturated rings. The minimum atomic E-state index is -0.0758. The monoisotopic (exact) mass is 327 g/mol. The van der Waals surface area contributed by atoms with Crippen LogP contribution in [0.2, 0.25) is 0 Å². The summed E-state index contributed by atoms with van der Waals surface area (Å²) in [4.78, 5) is 25.2. The van der Waals surface area contributed by atoms with Crippen molar-refractivity contribution < 1.29 is 19.1 Å². The Morgan fingerprint density at radius 2 is 1.75 bits per heavy atom. The standard InChI is InChI=1S/C19H21NO4/c1-13(21)14-9-10-17(18(11-14)23-4)24-12-15-7-5-6-8-16(15)19(22)20(2)3/h5-11H,12H2,1-4H3. The van der Waals surface area contributed by atoms with Crippen LogP contribution in [0.3, 0.4) is 0 Å². The number of methoxy groups -OCH3 is 1. The van der Waals surface area contributed by atoms with Crippen molar-refractivity contribution in [3.63, 3.8) is 0 Å². The van der Waals surface area contributed by atoms with Crippen LogP contribution in [-0.2, 0) is 6.61 Å². The highest BCUT2D eigenvalue weighted by Crippen LogP contribution is 2.29. The van der Waals surface area contributed by atoms with E-state index in [1.54, 1.807) is 38.4 Å². The molecule has 1 amide bonds. The molecule has 0 spiro atoms. The van der Waals surface area contributed by atoms with Gasteiger partial charge in [-0.15, -0.1) is 0 Å². The molecule has 5 nitrogen and oxygen atoms in total. The molecule has 0 unspecified atom stereocenters. The molecule has 0 aliphatic rings. The van der Waals surface area contributed by atoms with E-state index in [-0.39, 0.29) is 18.3 Å². The van der Waals surface area contributed by atoms with Gasteiger partial charge in [0.25, 0.3) is 5.91 Å². The SMILES string of the molecule is COc1cc(C(C)=O)ccc1OCc1ccccc1C(=O)N(C)C. The predicted octanol–water partition coefficient (Wildman–Crippen LogP) is 3.18. The van der Waals surface area contributed by atoms with E-state index in [1.807, 2.05) is 18.2 Å². The van der Waals surface area contributed by atoms with Crippen molar-refractivity contribution in [2.45, 2.75) is 13.5 Å². The molecule has 126 valence electrons. The summed E-state index contributed by atoms with van der Waals surface area (Å²) in [5.41, 5.74) is 1.94. The fourth-order valence-corrected chi connectivity index (χ4v) is 2.26. The number of rotatable bonds is 6. The number of benzene rings is 2. The number of hydrogen-bond acceptors (Lipinski definition) is 4. The summed E-state index contributed by atoms with van der Waals surface area (Å²) in [5.74, 6) is 0.892. The van der Waals surface area contributed by atoms with Gasteiger partial charge in [0.05, 0.1) is 7.11 Å². The van der Waals surface area contributed by atoms with Crippen molar-refractivity contribution in [2.24, 2.45) is 0 Å². The van der Waals surface area contributed by atoms with Crippen molar-refractivity contribution in [3.8, 4) is 11.5 Å². The van der Waals surface area contributed by atoms with Gasteiger partial charge in [-0.05, 0) is 31.2 Å². The molecule has 0 N–H and O–H groups in total. The number of ether oxygens (including phenoxy) is 2. The van der Waals surface area contributed by atoms with Gasteiger partial charge in [-0.1, -0.05) is 18.2 Å². The molecule has 0 bridgehead atoms. The molecule has 2 aromatic carbocycles. The number of ketones is 1. The first-order chi connectivity index (χ1) is 11.4. The van der Waals surface area contributed by atoms with E-state index in [0.717, 1.165) is 5.56 Å². The predicted molar refractivity (Wildman–Crippen MR) is 91.8 cm³/mol. The Kier molecular flexibility index (Phi) is 5.58. The highest BCUT2D eigenvalue weighted by atomic mass is 16.5. The summed E-state index contributed by atoms with van der Waals surface area (Å²) >= 11 is 0. The molecule has 0 heterocycles. The smallest absolute Gasteiger partial charge is 0.253 e. The van der Waals surface area contributed by atoms with Gasteiger partial charge in [-0.25, -0.2) is 0 Å². The van der Waals surface area contributed by atoms with Gasteiger partial charge in [0.15, 0.2) is 17.3 Å². The van der Waals surface area contributed by atoms with E-state index < -0.39 is 0 Å². The Morgan fingerprint density at radius 3 is 2.38 bits per heavy atom. The first-order valence-corrected chi connectivity index (χ1v) is 7.55. The molecular formula is C19H21NO4. The third-order valence-corrected chi connectivity index (χ3v) is 3.61. The minimum absolute atomic E-state index is 0.0400. The maximum Gasteiger partial charge on any atom is 0.253 e. The van der Waals surface area contributed by atoms with Gasteiger partial charge < -0.3 is 14.4 Å². The summed E-state index contributed by atoms with van der Waals surface area (Å²) in [5, 5.41) is 0. The molecule has 0 atom stereocenters. The van der Waals surface area contributed by atoms with E-state index in [0.29, 0.717) is 22.6 Å². The van der Waals surface area contributed by atoms with Gasteiger partial charge >= 0.3 is 0 Å². The number of hydrogen-bond donors (Lipinski definition) is 0. The topological polar surface area (TPSA) is 55.8 Å². The highest BCUT2D eigenvalue weighted by molar-refractivity contribution is 5.95. The molecule has 2 aromatic rings. The molecular weight excluding hydrogens is 306 g/mol. The van der Waals surface area contributed by atoms with Crippen LogP contribution < -0.4 is 9.47 Å². The first-order valence-electron chi connectivity index (χ1n) is 7.55. The molecule has 24 heavy (non-hydrogen) atoms. The van der Waals surface area contributed by atoms with Crippen LogP contribution in [0.25, 0.3) is 0 Å². The second-order valence-electron chi connectivity index (χ2n) is 5.57. The fraction of sp³-hybridized carbons (Fsp3) is 0.263. The first kappa shape index (κ1) is 17.5. The zero-order chi connectivity index (χ0) is 17.7. The zero-order valence-corrected chi connectivity index (χ0v) is 14.3. The van der Waals surface area contributed by atoms with Crippen LogP contribution in [0.5, 0.6) is 11.5 Å². The zero-order valence-electron chi connectivity index (χ0n) is 14.3. The quantitative estimate of drug-likeness (QED) is 0.765. The molecule has 0 saturated carbocycles. The third kappa shape index (κ3) is 3.93. The van der Waals surface area contributed by atoms with E-state index in [2.05, 4.69) is 0 Å². The van der Waals surface area contributed by atoms with Crippen LogP contribution in [-0.4, -0.2) is 37.8 Å². The number of nitrogens with zero attached hydrogens (tertiary/aromatic N) is 1. The number of carbonyl (C=O) groups is 2. The average Bonchev–Trinajstić information content (AvgIpc) is 2.59. The summed E-state index contributed by atoms with van der Waals surface area (Å²) in [7, 11) is 4.95. The van der Waals surface area contributed by atoms with Gasteiger partial charge in [0, 0.05) is 30.8 Å². The van der Waals surface area contributed by atoms with Crippen molar-refractivity contribution in [2.75, 3.05) is 21.2 Å².